The number of nitro groups is 1. The number of hydrogen-bond acceptors (Lipinski definition) is 4. The molecule has 7 heteroatoms. The van der Waals surface area contributed by atoms with Crippen molar-refractivity contribution in [2.45, 2.75) is 18.9 Å². The molecule has 2 N–H and O–H groups in total. The molecule has 0 radical (unpaired) electrons. The maximum atomic E-state index is 13.6. The third kappa shape index (κ3) is 2.55. The van der Waals surface area contributed by atoms with Crippen molar-refractivity contribution in [2.75, 3.05) is 5.32 Å². The molecule has 1 aromatic carbocycles. The van der Waals surface area contributed by atoms with Gasteiger partial charge >= 0.3 is 5.97 Å². The van der Waals surface area contributed by atoms with E-state index in [4.69, 9.17) is 5.11 Å². The van der Waals surface area contributed by atoms with Gasteiger partial charge < -0.3 is 10.4 Å². The Hall–Kier alpha value is -2.18. The Bertz CT molecular complexity index is 502. The third-order valence-corrected chi connectivity index (χ3v) is 2.83. The zero-order chi connectivity index (χ0) is 13.3. The van der Waals surface area contributed by atoms with Gasteiger partial charge in [0.2, 0.25) is 0 Å². The van der Waals surface area contributed by atoms with Crippen molar-refractivity contribution in [2.24, 2.45) is 5.92 Å². The average Bonchev–Trinajstić information content (AvgIpc) is 3.10. The Morgan fingerprint density at radius 2 is 2.22 bits per heavy atom. The maximum absolute atomic E-state index is 13.6. The SMILES string of the molecule is O=C(O)C(Nc1ccc([N+](=O)[O-])cc1F)C1CC1. The van der Waals surface area contributed by atoms with Gasteiger partial charge in [0.25, 0.3) is 5.69 Å². The molecule has 96 valence electrons. The average molecular weight is 254 g/mol. The van der Waals surface area contributed by atoms with Crippen LogP contribution in [-0.2, 0) is 4.79 Å². The third-order valence-electron chi connectivity index (χ3n) is 2.83. The molecular weight excluding hydrogens is 243 g/mol. The van der Waals surface area contributed by atoms with Crippen LogP contribution in [0, 0.1) is 21.8 Å². The molecule has 0 amide bonds. The Labute approximate surface area is 102 Å². The van der Waals surface area contributed by atoms with Crippen LogP contribution in [0.4, 0.5) is 15.8 Å². The lowest BCUT2D eigenvalue weighted by molar-refractivity contribution is -0.385. The first-order valence-corrected chi connectivity index (χ1v) is 5.42. The number of hydrogen-bond donors (Lipinski definition) is 2. The molecule has 0 aliphatic heterocycles. The highest BCUT2D eigenvalue weighted by atomic mass is 19.1. The number of carboxylic acids is 1. The highest BCUT2D eigenvalue weighted by Crippen LogP contribution is 2.35. The van der Waals surface area contributed by atoms with Crippen molar-refractivity contribution in [1.82, 2.24) is 0 Å². The van der Waals surface area contributed by atoms with Gasteiger partial charge in [-0.25, -0.2) is 9.18 Å². The van der Waals surface area contributed by atoms with Gasteiger partial charge in [-0.3, -0.25) is 10.1 Å². The quantitative estimate of drug-likeness (QED) is 0.619. The molecule has 0 saturated heterocycles. The largest absolute Gasteiger partial charge is 0.480 e. The molecule has 1 aromatic rings. The van der Waals surface area contributed by atoms with Crippen molar-refractivity contribution >= 4 is 17.3 Å². The summed E-state index contributed by atoms with van der Waals surface area (Å²) in [5, 5.41) is 22.0. The number of halogens is 1. The van der Waals surface area contributed by atoms with Crippen LogP contribution in [0.5, 0.6) is 0 Å². The molecule has 1 atom stereocenters. The van der Waals surface area contributed by atoms with Gasteiger partial charge in [-0.05, 0) is 24.8 Å². The number of carbonyl (C=O) groups is 1. The molecule has 1 aliphatic carbocycles. The number of anilines is 1. The summed E-state index contributed by atoms with van der Waals surface area (Å²) in [5.41, 5.74) is -0.392. The summed E-state index contributed by atoms with van der Waals surface area (Å²) in [6.45, 7) is 0. The summed E-state index contributed by atoms with van der Waals surface area (Å²) in [5.74, 6) is -1.87. The van der Waals surface area contributed by atoms with Gasteiger partial charge in [0.1, 0.15) is 6.04 Å². The second kappa shape index (κ2) is 4.59. The molecule has 2 rings (SSSR count). The summed E-state index contributed by atoms with van der Waals surface area (Å²) in [6, 6.07) is 2.25. The minimum Gasteiger partial charge on any atom is -0.480 e. The first kappa shape index (κ1) is 12.3. The highest BCUT2D eigenvalue weighted by molar-refractivity contribution is 5.78. The summed E-state index contributed by atoms with van der Waals surface area (Å²) in [6.07, 6.45) is 1.58. The number of rotatable bonds is 5. The van der Waals surface area contributed by atoms with Crippen LogP contribution in [-0.4, -0.2) is 22.0 Å². The lowest BCUT2D eigenvalue weighted by Gasteiger charge is -2.15. The molecule has 0 bridgehead atoms. The zero-order valence-corrected chi connectivity index (χ0v) is 9.30. The van der Waals surface area contributed by atoms with E-state index in [1.807, 2.05) is 0 Å². The number of benzene rings is 1. The molecule has 1 fully saturated rings. The predicted molar refractivity (Wildman–Crippen MR) is 60.8 cm³/mol. The van der Waals surface area contributed by atoms with E-state index < -0.39 is 22.8 Å². The van der Waals surface area contributed by atoms with Crippen molar-refractivity contribution in [1.29, 1.82) is 0 Å². The molecule has 0 heterocycles. The van der Waals surface area contributed by atoms with Crippen LogP contribution in [0.2, 0.25) is 0 Å². The monoisotopic (exact) mass is 254 g/mol. The second-order valence-electron chi connectivity index (χ2n) is 4.22. The van der Waals surface area contributed by atoms with Crippen molar-refractivity contribution in [3.05, 3.63) is 34.1 Å². The van der Waals surface area contributed by atoms with Crippen molar-refractivity contribution in [3.8, 4) is 0 Å². The van der Waals surface area contributed by atoms with Gasteiger partial charge in [-0.1, -0.05) is 0 Å². The lowest BCUT2D eigenvalue weighted by atomic mass is 10.1. The fraction of sp³-hybridized carbons (Fsp3) is 0.364. The molecule has 18 heavy (non-hydrogen) atoms. The van der Waals surface area contributed by atoms with Crippen molar-refractivity contribution < 1.29 is 19.2 Å². The van der Waals surface area contributed by atoms with Crippen LogP contribution < -0.4 is 5.32 Å². The maximum Gasteiger partial charge on any atom is 0.326 e. The van der Waals surface area contributed by atoms with Gasteiger partial charge in [-0.15, -0.1) is 0 Å². The van der Waals surface area contributed by atoms with Gasteiger partial charge in [-0.2, -0.15) is 0 Å². The predicted octanol–water partition coefficient (Wildman–Crippen LogP) is 2.01. The zero-order valence-electron chi connectivity index (χ0n) is 9.30. The molecule has 6 nitrogen and oxygen atoms in total. The Balaban J connectivity index is 2.18. The highest BCUT2D eigenvalue weighted by Gasteiger charge is 2.36. The van der Waals surface area contributed by atoms with Gasteiger partial charge in [0, 0.05) is 6.07 Å². The Morgan fingerprint density at radius 1 is 1.56 bits per heavy atom. The first-order valence-electron chi connectivity index (χ1n) is 5.42. The van der Waals surface area contributed by atoms with E-state index in [1.165, 1.54) is 6.07 Å². The molecule has 0 aromatic heterocycles. The van der Waals surface area contributed by atoms with E-state index in [-0.39, 0.29) is 17.3 Å². The van der Waals surface area contributed by atoms with Crippen LogP contribution >= 0.6 is 0 Å². The summed E-state index contributed by atoms with van der Waals surface area (Å²) in [7, 11) is 0. The molecule has 1 saturated carbocycles. The van der Waals surface area contributed by atoms with E-state index in [0.717, 1.165) is 25.0 Å². The summed E-state index contributed by atoms with van der Waals surface area (Å²) in [4.78, 5) is 20.7. The normalized spacial score (nSPS) is 16.1. The van der Waals surface area contributed by atoms with Crippen LogP contribution in [0.1, 0.15) is 12.8 Å². The van der Waals surface area contributed by atoms with Gasteiger partial charge in [0.15, 0.2) is 5.82 Å². The number of nitro benzene ring substituents is 1. The summed E-state index contributed by atoms with van der Waals surface area (Å²) >= 11 is 0. The number of nitrogens with one attached hydrogen (secondary N) is 1. The second-order valence-corrected chi connectivity index (χ2v) is 4.22. The lowest BCUT2D eigenvalue weighted by Crippen LogP contribution is -2.31. The number of carboxylic acid groups (broad SMARTS) is 1. The number of non-ortho nitro benzene ring substituents is 1. The summed E-state index contributed by atoms with van der Waals surface area (Å²) < 4.78 is 13.6. The van der Waals surface area contributed by atoms with Crippen molar-refractivity contribution in [3.63, 3.8) is 0 Å². The standard InChI is InChI=1S/C11H11FN2O4/c12-8-5-7(14(17)18)3-4-9(8)13-10(11(15)16)6-1-2-6/h3-6,10,13H,1-2H2,(H,15,16). The van der Waals surface area contributed by atoms with Crippen LogP contribution in [0.15, 0.2) is 18.2 Å². The Morgan fingerprint density at radius 3 is 2.67 bits per heavy atom. The van der Waals surface area contributed by atoms with E-state index in [1.54, 1.807) is 0 Å². The molecule has 1 aliphatic rings. The molecule has 1 unspecified atom stereocenters. The van der Waals surface area contributed by atoms with E-state index in [2.05, 4.69) is 5.32 Å². The van der Waals surface area contributed by atoms with Crippen LogP contribution in [0.25, 0.3) is 0 Å². The van der Waals surface area contributed by atoms with E-state index in [9.17, 15) is 19.3 Å². The van der Waals surface area contributed by atoms with E-state index in [0.29, 0.717) is 0 Å². The first-order chi connectivity index (χ1) is 8.49. The smallest absolute Gasteiger partial charge is 0.326 e. The number of aliphatic carboxylic acids is 1. The minimum atomic E-state index is -1.05. The molecular formula is C11H11FN2O4. The molecule has 0 spiro atoms. The van der Waals surface area contributed by atoms with E-state index >= 15 is 0 Å². The topological polar surface area (TPSA) is 92.5 Å². The fourth-order valence-electron chi connectivity index (χ4n) is 1.71. The fourth-order valence-corrected chi connectivity index (χ4v) is 1.71. The number of nitrogens with zero attached hydrogens (tertiary/aromatic N) is 1. The van der Waals surface area contributed by atoms with Gasteiger partial charge in [0.05, 0.1) is 16.7 Å². The Kier molecular flexibility index (Phi) is 3.14. The minimum absolute atomic E-state index is 0.00269. The van der Waals surface area contributed by atoms with Crippen LogP contribution in [0.3, 0.4) is 0 Å².